The number of fused-ring (bicyclic) bond motifs is 1. The zero-order valence-electron chi connectivity index (χ0n) is 13.1. The summed E-state index contributed by atoms with van der Waals surface area (Å²) in [5.74, 6) is -0.993. The molecule has 25 heavy (non-hydrogen) atoms. The average molecular weight is 467 g/mol. The first-order valence-electron chi connectivity index (χ1n) is 7.35. The maximum atomic E-state index is 12.2. The molecule has 1 N–H and O–H groups in total. The van der Waals surface area contributed by atoms with E-state index in [4.69, 9.17) is 9.15 Å². The van der Waals surface area contributed by atoms with E-state index in [1.807, 2.05) is 12.1 Å². The van der Waals surface area contributed by atoms with Crippen LogP contribution in [0.1, 0.15) is 16.1 Å². The fourth-order valence-corrected chi connectivity index (χ4v) is 2.94. The quantitative estimate of drug-likeness (QED) is 0.545. The molecule has 0 atom stereocenters. The monoisotopic (exact) mass is 465 g/mol. The lowest BCUT2D eigenvalue weighted by atomic mass is 10.1. The highest BCUT2D eigenvalue weighted by atomic mass is 79.9. The van der Waals surface area contributed by atoms with Crippen molar-refractivity contribution in [1.29, 1.82) is 0 Å². The molecule has 128 valence electrons. The van der Waals surface area contributed by atoms with Crippen LogP contribution in [-0.4, -0.2) is 18.5 Å². The Labute approximate surface area is 160 Å². The van der Waals surface area contributed by atoms with Gasteiger partial charge in [-0.3, -0.25) is 4.79 Å². The molecule has 5 nitrogen and oxygen atoms in total. The van der Waals surface area contributed by atoms with Gasteiger partial charge in [0.15, 0.2) is 6.61 Å². The fraction of sp³-hybridized carbons (Fsp3) is 0.111. The molecule has 3 rings (SSSR count). The van der Waals surface area contributed by atoms with Crippen LogP contribution in [-0.2, 0) is 9.53 Å². The second kappa shape index (κ2) is 7.41. The summed E-state index contributed by atoms with van der Waals surface area (Å²) in [6.45, 7) is 1.38. The summed E-state index contributed by atoms with van der Waals surface area (Å²) in [6.07, 6.45) is 0. The summed E-state index contributed by atoms with van der Waals surface area (Å²) in [7, 11) is 0. The highest BCUT2D eigenvalue weighted by Crippen LogP contribution is 2.28. The van der Waals surface area contributed by atoms with Gasteiger partial charge in [-0.15, -0.1) is 0 Å². The van der Waals surface area contributed by atoms with Gasteiger partial charge in [-0.1, -0.05) is 31.9 Å². The summed E-state index contributed by atoms with van der Waals surface area (Å²) in [4.78, 5) is 24.1. The van der Waals surface area contributed by atoms with Gasteiger partial charge in [-0.25, -0.2) is 4.79 Å². The first-order valence-corrected chi connectivity index (χ1v) is 8.94. The fourth-order valence-electron chi connectivity index (χ4n) is 2.31. The van der Waals surface area contributed by atoms with Crippen molar-refractivity contribution in [1.82, 2.24) is 0 Å². The minimum Gasteiger partial charge on any atom is -0.450 e. The number of esters is 1. The van der Waals surface area contributed by atoms with Crippen LogP contribution in [0.5, 0.6) is 0 Å². The first kappa shape index (κ1) is 17.7. The number of aryl methyl sites for hydroxylation is 1. The van der Waals surface area contributed by atoms with E-state index in [0.29, 0.717) is 16.8 Å². The lowest BCUT2D eigenvalue weighted by Crippen LogP contribution is -2.21. The van der Waals surface area contributed by atoms with Crippen LogP contribution < -0.4 is 5.32 Å². The number of halogens is 2. The number of anilines is 1. The number of hydrogen-bond donors (Lipinski definition) is 1. The summed E-state index contributed by atoms with van der Waals surface area (Å²) in [6, 6.07) is 12.5. The van der Waals surface area contributed by atoms with Crippen LogP contribution in [0.2, 0.25) is 0 Å². The molecule has 0 saturated heterocycles. The van der Waals surface area contributed by atoms with Gasteiger partial charge in [0.05, 0.1) is 0 Å². The van der Waals surface area contributed by atoms with Gasteiger partial charge >= 0.3 is 5.97 Å². The number of benzene rings is 2. The molecule has 1 heterocycles. The molecule has 0 spiro atoms. The third kappa shape index (κ3) is 4.11. The maximum absolute atomic E-state index is 12.2. The molecular formula is C18H13Br2NO4. The number of carbonyl (C=O) groups is 2. The van der Waals surface area contributed by atoms with E-state index in [1.165, 1.54) is 0 Å². The molecule has 0 aliphatic rings. The average Bonchev–Trinajstić information content (AvgIpc) is 2.91. The molecule has 0 saturated carbocycles. The zero-order chi connectivity index (χ0) is 18.0. The number of rotatable bonds is 4. The topological polar surface area (TPSA) is 68.5 Å². The van der Waals surface area contributed by atoms with Crippen LogP contribution in [0, 0.1) is 6.92 Å². The van der Waals surface area contributed by atoms with Crippen molar-refractivity contribution in [2.75, 3.05) is 11.9 Å². The van der Waals surface area contributed by atoms with Gasteiger partial charge in [0, 0.05) is 25.6 Å². The number of nitrogens with one attached hydrogen (secondary N) is 1. The van der Waals surface area contributed by atoms with Gasteiger partial charge in [0.1, 0.15) is 5.58 Å². The van der Waals surface area contributed by atoms with Gasteiger partial charge in [0.25, 0.3) is 5.91 Å². The smallest absolute Gasteiger partial charge is 0.375 e. The van der Waals surface area contributed by atoms with Crippen LogP contribution in [0.15, 0.2) is 55.8 Å². The Hall–Kier alpha value is -2.12. The molecule has 2 aromatic carbocycles. The summed E-state index contributed by atoms with van der Waals surface area (Å²) < 4.78 is 12.4. The molecule has 0 aliphatic carbocycles. The summed E-state index contributed by atoms with van der Waals surface area (Å²) >= 11 is 6.70. The van der Waals surface area contributed by atoms with Crippen LogP contribution in [0.3, 0.4) is 0 Å². The van der Waals surface area contributed by atoms with Gasteiger partial charge in [-0.05, 0) is 49.4 Å². The summed E-state index contributed by atoms with van der Waals surface area (Å²) in [5, 5.41) is 3.47. The van der Waals surface area contributed by atoms with Crippen LogP contribution >= 0.6 is 31.9 Å². The van der Waals surface area contributed by atoms with Gasteiger partial charge in [0.2, 0.25) is 5.76 Å². The molecular weight excluding hydrogens is 454 g/mol. The minimum atomic E-state index is -0.671. The van der Waals surface area contributed by atoms with E-state index in [-0.39, 0.29) is 5.76 Å². The van der Waals surface area contributed by atoms with Gasteiger partial charge in [-0.2, -0.15) is 0 Å². The Bertz CT molecular complexity index is 948. The molecule has 1 amide bonds. The van der Waals surface area contributed by atoms with Crippen molar-refractivity contribution in [2.45, 2.75) is 6.92 Å². The molecule has 7 heteroatoms. The first-order chi connectivity index (χ1) is 11.9. The Balaban J connectivity index is 1.65. The van der Waals surface area contributed by atoms with E-state index >= 15 is 0 Å². The van der Waals surface area contributed by atoms with E-state index in [2.05, 4.69) is 37.2 Å². The summed E-state index contributed by atoms with van der Waals surface area (Å²) in [5.41, 5.74) is 1.88. The van der Waals surface area contributed by atoms with Crippen molar-refractivity contribution in [3.05, 3.63) is 62.7 Å². The SMILES string of the molecule is Cc1c(C(=O)OCC(=O)Nc2ccc(Br)cc2)oc2ccc(Br)cc12. The van der Waals surface area contributed by atoms with E-state index in [0.717, 1.165) is 14.3 Å². The number of amides is 1. The molecule has 3 aromatic rings. The molecule has 0 radical (unpaired) electrons. The Kier molecular flexibility index (Phi) is 5.24. The number of furan rings is 1. The van der Waals surface area contributed by atoms with Crippen molar-refractivity contribution in [2.24, 2.45) is 0 Å². The second-order valence-electron chi connectivity index (χ2n) is 5.33. The highest BCUT2D eigenvalue weighted by molar-refractivity contribution is 9.10. The molecule has 0 bridgehead atoms. The van der Waals surface area contributed by atoms with Crippen molar-refractivity contribution in [3.8, 4) is 0 Å². The van der Waals surface area contributed by atoms with Crippen molar-refractivity contribution >= 4 is 60.4 Å². The third-order valence-corrected chi connectivity index (χ3v) is 4.57. The Morgan fingerprint density at radius 3 is 2.48 bits per heavy atom. The molecule has 1 aromatic heterocycles. The lowest BCUT2D eigenvalue weighted by molar-refractivity contribution is -0.119. The number of ether oxygens (including phenoxy) is 1. The Morgan fingerprint density at radius 2 is 1.76 bits per heavy atom. The largest absolute Gasteiger partial charge is 0.450 e. The van der Waals surface area contributed by atoms with Gasteiger partial charge < -0.3 is 14.5 Å². The predicted octanol–water partition coefficient (Wildman–Crippen LogP) is 5.06. The van der Waals surface area contributed by atoms with Crippen LogP contribution in [0.25, 0.3) is 11.0 Å². The lowest BCUT2D eigenvalue weighted by Gasteiger charge is -2.06. The maximum Gasteiger partial charge on any atom is 0.375 e. The van der Waals surface area contributed by atoms with Crippen molar-refractivity contribution in [3.63, 3.8) is 0 Å². The van der Waals surface area contributed by atoms with E-state index in [1.54, 1.807) is 37.3 Å². The number of hydrogen-bond acceptors (Lipinski definition) is 4. The van der Waals surface area contributed by atoms with E-state index in [9.17, 15) is 9.59 Å². The van der Waals surface area contributed by atoms with Crippen molar-refractivity contribution < 1.29 is 18.7 Å². The molecule has 0 unspecified atom stereocenters. The third-order valence-electron chi connectivity index (χ3n) is 3.55. The second-order valence-corrected chi connectivity index (χ2v) is 7.16. The highest BCUT2D eigenvalue weighted by Gasteiger charge is 2.20. The predicted molar refractivity (Wildman–Crippen MR) is 102 cm³/mol. The minimum absolute atomic E-state index is 0.101. The zero-order valence-corrected chi connectivity index (χ0v) is 16.3. The normalized spacial score (nSPS) is 10.7. The molecule has 0 aliphatic heterocycles. The standard InChI is InChI=1S/C18H13Br2NO4/c1-10-14-8-12(20)4-7-15(14)25-17(10)18(23)24-9-16(22)21-13-5-2-11(19)3-6-13/h2-8H,9H2,1H3,(H,21,22). The van der Waals surface area contributed by atoms with Crippen LogP contribution in [0.4, 0.5) is 5.69 Å². The number of carbonyl (C=O) groups excluding carboxylic acids is 2. The molecule has 0 fully saturated rings. The van der Waals surface area contributed by atoms with E-state index < -0.39 is 18.5 Å². The Morgan fingerprint density at radius 1 is 1.08 bits per heavy atom.